The van der Waals surface area contributed by atoms with Crippen LogP contribution in [-0.2, 0) is 4.74 Å². The number of carbonyl (C=O) groups is 1. The molecule has 2 rings (SSSR count). The van der Waals surface area contributed by atoms with Crippen LogP contribution in [0.1, 0.15) is 55.5 Å². The van der Waals surface area contributed by atoms with E-state index in [1.165, 1.54) is 26.4 Å². The summed E-state index contributed by atoms with van der Waals surface area (Å²) in [6.45, 7) is 6.40. The van der Waals surface area contributed by atoms with Crippen molar-refractivity contribution < 1.29 is 13.9 Å². The van der Waals surface area contributed by atoms with Gasteiger partial charge in [0.2, 0.25) is 5.76 Å². The molecule has 0 radical (unpaired) electrons. The summed E-state index contributed by atoms with van der Waals surface area (Å²) in [7, 11) is 1.36. The molecule has 0 N–H and O–H groups in total. The molecule has 1 heterocycles. The zero-order valence-corrected chi connectivity index (χ0v) is 12.0. The van der Waals surface area contributed by atoms with Crippen LogP contribution in [0.3, 0.4) is 0 Å². The predicted molar refractivity (Wildman–Crippen MR) is 73.1 cm³/mol. The Hall–Kier alpha value is -1.29. The number of hydrogen-bond donors (Lipinski definition) is 0. The van der Waals surface area contributed by atoms with E-state index in [4.69, 9.17) is 4.42 Å². The van der Waals surface area contributed by atoms with Crippen LogP contribution in [0.15, 0.2) is 16.5 Å². The summed E-state index contributed by atoms with van der Waals surface area (Å²) in [4.78, 5) is 13.8. The molecule has 1 unspecified atom stereocenters. The highest BCUT2D eigenvalue weighted by molar-refractivity contribution is 5.86. The van der Waals surface area contributed by atoms with Crippen molar-refractivity contribution in [3.63, 3.8) is 0 Å². The van der Waals surface area contributed by atoms with Crippen molar-refractivity contribution >= 4 is 5.97 Å². The van der Waals surface area contributed by atoms with Crippen molar-refractivity contribution in [1.82, 2.24) is 4.90 Å². The molecule has 0 saturated heterocycles. The van der Waals surface area contributed by atoms with Gasteiger partial charge in [0.25, 0.3) is 0 Å². The average molecular weight is 265 g/mol. The van der Waals surface area contributed by atoms with Crippen LogP contribution in [-0.4, -0.2) is 31.1 Å². The van der Waals surface area contributed by atoms with Crippen molar-refractivity contribution in [3.05, 3.63) is 23.7 Å². The average Bonchev–Trinajstić information content (AvgIpc) is 2.85. The van der Waals surface area contributed by atoms with Gasteiger partial charge in [0.15, 0.2) is 0 Å². The lowest BCUT2D eigenvalue weighted by Crippen LogP contribution is -2.34. The number of nitrogens with zero attached hydrogens (tertiary/aromatic N) is 1. The van der Waals surface area contributed by atoms with Crippen molar-refractivity contribution in [1.29, 1.82) is 0 Å². The molecule has 4 nitrogen and oxygen atoms in total. The van der Waals surface area contributed by atoms with Gasteiger partial charge in [-0.2, -0.15) is 0 Å². The normalized spacial score (nSPS) is 17.3. The lowest BCUT2D eigenvalue weighted by Gasteiger charge is -2.34. The number of methoxy groups -OCH3 is 1. The molecule has 0 spiro atoms. The summed E-state index contributed by atoms with van der Waals surface area (Å²) in [6.07, 6.45) is 4.05. The molecule has 1 aliphatic carbocycles. The number of esters is 1. The lowest BCUT2D eigenvalue weighted by molar-refractivity contribution is 0.0557. The van der Waals surface area contributed by atoms with E-state index < -0.39 is 5.97 Å². The lowest BCUT2D eigenvalue weighted by atomic mass is 9.85. The Morgan fingerprint density at radius 2 is 2.26 bits per heavy atom. The Morgan fingerprint density at radius 3 is 2.79 bits per heavy atom. The van der Waals surface area contributed by atoms with Gasteiger partial charge in [-0.1, -0.05) is 13.3 Å². The Labute approximate surface area is 114 Å². The van der Waals surface area contributed by atoms with Gasteiger partial charge in [0.1, 0.15) is 5.76 Å². The summed E-state index contributed by atoms with van der Waals surface area (Å²) in [6, 6.07) is 3.76. The van der Waals surface area contributed by atoms with Crippen molar-refractivity contribution in [3.8, 4) is 0 Å². The van der Waals surface area contributed by atoms with Gasteiger partial charge in [0, 0.05) is 6.54 Å². The fourth-order valence-electron chi connectivity index (χ4n) is 2.54. The van der Waals surface area contributed by atoms with E-state index in [1.54, 1.807) is 6.07 Å². The fraction of sp³-hybridized carbons (Fsp3) is 0.667. The number of furan rings is 1. The highest BCUT2D eigenvalue weighted by atomic mass is 16.5. The van der Waals surface area contributed by atoms with Gasteiger partial charge >= 0.3 is 5.97 Å². The van der Waals surface area contributed by atoms with Crippen LogP contribution in [0.25, 0.3) is 0 Å². The summed E-state index contributed by atoms with van der Waals surface area (Å²) in [5.74, 6) is 1.53. The number of rotatable bonds is 6. The monoisotopic (exact) mass is 265 g/mol. The molecule has 1 aliphatic rings. The highest BCUT2D eigenvalue weighted by Gasteiger charge is 2.25. The Morgan fingerprint density at radius 1 is 1.53 bits per heavy atom. The number of hydrogen-bond acceptors (Lipinski definition) is 4. The van der Waals surface area contributed by atoms with Gasteiger partial charge in [-0.05, 0) is 44.4 Å². The molecule has 19 heavy (non-hydrogen) atoms. The van der Waals surface area contributed by atoms with Gasteiger partial charge in [-0.15, -0.1) is 0 Å². The number of carbonyl (C=O) groups excluding carboxylic acids is 1. The smallest absolute Gasteiger partial charge is 0.373 e. The summed E-state index contributed by atoms with van der Waals surface area (Å²) in [5.41, 5.74) is 0. The maximum atomic E-state index is 11.4. The fourth-order valence-corrected chi connectivity index (χ4v) is 2.54. The van der Waals surface area contributed by atoms with E-state index in [1.807, 2.05) is 6.07 Å². The third-order valence-corrected chi connectivity index (χ3v) is 4.10. The Bertz CT molecular complexity index is 423. The van der Waals surface area contributed by atoms with E-state index in [-0.39, 0.29) is 11.8 Å². The quantitative estimate of drug-likeness (QED) is 0.740. The predicted octanol–water partition coefficient (Wildman–Crippen LogP) is 3.25. The van der Waals surface area contributed by atoms with Crippen LogP contribution >= 0.6 is 0 Å². The highest BCUT2D eigenvalue weighted by Crippen LogP contribution is 2.30. The maximum absolute atomic E-state index is 11.4. The summed E-state index contributed by atoms with van der Waals surface area (Å²) >= 11 is 0. The van der Waals surface area contributed by atoms with Crippen molar-refractivity contribution in [2.45, 2.75) is 39.2 Å². The molecule has 0 aliphatic heterocycles. The number of ether oxygens (including phenoxy) is 1. The second kappa shape index (κ2) is 6.24. The summed E-state index contributed by atoms with van der Waals surface area (Å²) in [5, 5.41) is 0. The van der Waals surface area contributed by atoms with Crippen molar-refractivity contribution in [2.24, 2.45) is 5.92 Å². The minimum absolute atomic E-state index is 0.198. The van der Waals surface area contributed by atoms with Crippen LogP contribution in [0, 0.1) is 5.92 Å². The molecule has 4 heteroatoms. The van der Waals surface area contributed by atoms with Gasteiger partial charge in [-0.3, -0.25) is 4.90 Å². The van der Waals surface area contributed by atoms with Crippen LogP contribution < -0.4 is 0 Å². The Balaban J connectivity index is 2.01. The van der Waals surface area contributed by atoms with E-state index in [9.17, 15) is 4.79 Å². The zero-order chi connectivity index (χ0) is 13.8. The largest absolute Gasteiger partial charge is 0.463 e. The molecule has 1 fully saturated rings. The third kappa shape index (κ3) is 3.18. The third-order valence-electron chi connectivity index (χ3n) is 4.10. The van der Waals surface area contributed by atoms with E-state index in [2.05, 4.69) is 23.5 Å². The standard InChI is InChI=1S/C15H23NO3/c1-4-16(10-12-6-5-7-12)11(2)13-8-9-14(19-13)15(17)18-3/h8-9,11-12H,4-7,10H2,1-3H3. The van der Waals surface area contributed by atoms with E-state index in [0.29, 0.717) is 0 Å². The molecule has 1 aromatic rings. The Kier molecular flexibility index (Phi) is 4.64. The molecular formula is C15H23NO3. The summed E-state index contributed by atoms with van der Waals surface area (Å²) < 4.78 is 10.3. The molecular weight excluding hydrogens is 242 g/mol. The first kappa shape index (κ1) is 14.1. The molecule has 0 bridgehead atoms. The molecule has 1 saturated carbocycles. The van der Waals surface area contributed by atoms with Gasteiger partial charge < -0.3 is 9.15 Å². The van der Waals surface area contributed by atoms with E-state index >= 15 is 0 Å². The second-order valence-electron chi connectivity index (χ2n) is 5.25. The van der Waals surface area contributed by atoms with Crippen LogP contribution in [0.2, 0.25) is 0 Å². The topological polar surface area (TPSA) is 42.7 Å². The first-order chi connectivity index (χ1) is 9.15. The molecule has 106 valence electrons. The first-order valence-corrected chi connectivity index (χ1v) is 7.07. The van der Waals surface area contributed by atoms with Crippen molar-refractivity contribution in [2.75, 3.05) is 20.2 Å². The molecule has 0 aromatic carbocycles. The SMILES string of the molecule is CCN(CC1CCC1)C(C)c1ccc(C(=O)OC)o1. The maximum Gasteiger partial charge on any atom is 0.373 e. The van der Waals surface area contributed by atoms with Crippen LogP contribution in [0.5, 0.6) is 0 Å². The minimum Gasteiger partial charge on any atom is -0.463 e. The molecule has 1 aromatic heterocycles. The molecule has 0 amide bonds. The molecule has 1 atom stereocenters. The minimum atomic E-state index is -0.416. The first-order valence-electron chi connectivity index (χ1n) is 7.07. The van der Waals surface area contributed by atoms with Gasteiger partial charge in [0.05, 0.1) is 13.2 Å². The van der Waals surface area contributed by atoms with E-state index in [0.717, 1.165) is 24.8 Å². The van der Waals surface area contributed by atoms with Crippen LogP contribution in [0.4, 0.5) is 0 Å². The zero-order valence-electron chi connectivity index (χ0n) is 12.0. The second-order valence-corrected chi connectivity index (χ2v) is 5.25. The van der Waals surface area contributed by atoms with Gasteiger partial charge in [-0.25, -0.2) is 4.79 Å².